The molecule has 0 unspecified atom stereocenters. The van der Waals surface area contributed by atoms with Gasteiger partial charge in [-0.3, -0.25) is 4.55 Å². The summed E-state index contributed by atoms with van der Waals surface area (Å²) in [5.41, 5.74) is 0.691. The summed E-state index contributed by atoms with van der Waals surface area (Å²) in [5.74, 6) is 0. The molecule has 1 N–H and O–H groups in total. The third kappa shape index (κ3) is 2.79. The molecule has 0 aliphatic carbocycles. The third-order valence-corrected chi connectivity index (χ3v) is 2.60. The molecular weight excluding hydrogens is 228 g/mol. The van der Waals surface area contributed by atoms with Gasteiger partial charge in [-0.1, -0.05) is 36.4 Å². The number of hydrogen-bond donors (Lipinski definition) is 1. The van der Waals surface area contributed by atoms with Crippen LogP contribution < -0.4 is 0 Å². The fraction of sp³-hybridized carbons (Fsp3) is 0.0909. The largest absolute Gasteiger partial charge is 0.397 e. The smallest absolute Gasteiger partial charge is 0.264 e. The third-order valence-electron chi connectivity index (χ3n) is 2.19. The normalized spacial score (nSPS) is 11.8. The van der Waals surface area contributed by atoms with Crippen LogP contribution in [-0.2, 0) is 21.2 Å². The van der Waals surface area contributed by atoms with Crippen molar-refractivity contribution in [3.05, 3.63) is 48.0 Å². The average molecular weight is 238 g/mol. The fourth-order valence-electron chi connectivity index (χ4n) is 1.47. The Kier molecular flexibility index (Phi) is 2.91. The number of hydrogen-bond acceptors (Lipinski definition) is 3. The first-order valence-corrected chi connectivity index (χ1v) is 6.01. The Hall–Kier alpha value is -1.43. The lowest BCUT2D eigenvalue weighted by Crippen LogP contribution is -2.03. The van der Waals surface area contributed by atoms with Crippen LogP contribution in [0, 0.1) is 0 Å². The number of rotatable bonds is 3. The quantitative estimate of drug-likeness (QED) is 0.832. The summed E-state index contributed by atoms with van der Waals surface area (Å²) in [6.45, 7) is -0.163. The molecule has 16 heavy (non-hydrogen) atoms. The second-order valence-electron chi connectivity index (χ2n) is 3.37. The molecule has 0 spiro atoms. The summed E-state index contributed by atoms with van der Waals surface area (Å²) in [7, 11) is -4.38. The summed E-state index contributed by atoms with van der Waals surface area (Å²) < 4.78 is 33.5. The molecule has 0 aliphatic heterocycles. The second kappa shape index (κ2) is 4.21. The van der Waals surface area contributed by atoms with E-state index in [-0.39, 0.29) is 6.61 Å². The second-order valence-corrected chi connectivity index (χ2v) is 4.46. The summed E-state index contributed by atoms with van der Waals surface area (Å²) in [4.78, 5) is 0. The molecule has 0 amide bonds. The van der Waals surface area contributed by atoms with Crippen molar-refractivity contribution in [2.24, 2.45) is 0 Å². The van der Waals surface area contributed by atoms with Gasteiger partial charge in [0.15, 0.2) is 0 Å². The molecule has 2 aromatic rings. The maximum Gasteiger partial charge on any atom is 0.397 e. The van der Waals surface area contributed by atoms with Gasteiger partial charge in [0.1, 0.15) is 0 Å². The zero-order valence-electron chi connectivity index (χ0n) is 8.33. The Balaban J connectivity index is 2.26. The lowest BCUT2D eigenvalue weighted by atomic mass is 10.1. The monoisotopic (exact) mass is 238 g/mol. The highest BCUT2D eigenvalue weighted by atomic mass is 32.3. The van der Waals surface area contributed by atoms with E-state index in [0.717, 1.165) is 10.8 Å². The van der Waals surface area contributed by atoms with Gasteiger partial charge in [-0.15, -0.1) is 0 Å². The molecule has 5 heteroatoms. The molecule has 0 saturated heterocycles. The maximum absolute atomic E-state index is 10.4. The van der Waals surface area contributed by atoms with Crippen LogP contribution in [0.5, 0.6) is 0 Å². The molecule has 84 valence electrons. The SMILES string of the molecule is O=S(=O)(O)OCc1ccc2ccccc2c1. The topological polar surface area (TPSA) is 63.6 Å². The highest BCUT2D eigenvalue weighted by molar-refractivity contribution is 7.80. The molecule has 0 heterocycles. The molecule has 4 nitrogen and oxygen atoms in total. The van der Waals surface area contributed by atoms with Crippen molar-refractivity contribution in [3.8, 4) is 0 Å². The van der Waals surface area contributed by atoms with Gasteiger partial charge in [0, 0.05) is 0 Å². The number of fused-ring (bicyclic) bond motifs is 1. The molecule has 0 bridgehead atoms. The van der Waals surface area contributed by atoms with Crippen LogP contribution in [0.4, 0.5) is 0 Å². The Morgan fingerprint density at radius 3 is 2.44 bits per heavy atom. The lowest BCUT2D eigenvalue weighted by Gasteiger charge is -2.02. The van der Waals surface area contributed by atoms with E-state index in [1.165, 1.54) is 0 Å². The zero-order chi connectivity index (χ0) is 11.6. The minimum absolute atomic E-state index is 0.163. The van der Waals surface area contributed by atoms with E-state index < -0.39 is 10.4 Å². The van der Waals surface area contributed by atoms with E-state index in [0.29, 0.717) is 5.56 Å². The van der Waals surface area contributed by atoms with Crippen molar-refractivity contribution in [3.63, 3.8) is 0 Å². The van der Waals surface area contributed by atoms with Crippen molar-refractivity contribution in [2.75, 3.05) is 0 Å². The first-order valence-electron chi connectivity index (χ1n) is 4.64. The summed E-state index contributed by atoms with van der Waals surface area (Å²) in [6, 6.07) is 13.2. The van der Waals surface area contributed by atoms with Gasteiger partial charge in [0.25, 0.3) is 0 Å². The molecule has 0 atom stereocenters. The standard InChI is InChI=1S/C11H10O4S/c12-16(13,14)15-8-9-5-6-10-3-1-2-4-11(10)7-9/h1-7H,8H2,(H,12,13,14). The highest BCUT2D eigenvalue weighted by Gasteiger charge is 2.05. The van der Waals surface area contributed by atoms with Crippen LogP contribution >= 0.6 is 0 Å². The zero-order valence-corrected chi connectivity index (χ0v) is 9.15. The van der Waals surface area contributed by atoms with Gasteiger partial charge < -0.3 is 0 Å². The minimum Gasteiger partial charge on any atom is -0.264 e. The van der Waals surface area contributed by atoms with Crippen LogP contribution in [-0.4, -0.2) is 13.0 Å². The van der Waals surface area contributed by atoms with Crippen molar-refractivity contribution in [2.45, 2.75) is 6.61 Å². The Bertz CT molecular complexity index is 604. The van der Waals surface area contributed by atoms with Crippen LogP contribution in [0.3, 0.4) is 0 Å². The Morgan fingerprint density at radius 1 is 1.06 bits per heavy atom. The first-order chi connectivity index (χ1) is 7.54. The van der Waals surface area contributed by atoms with E-state index in [1.54, 1.807) is 6.07 Å². The van der Waals surface area contributed by atoms with Crippen LogP contribution in [0.25, 0.3) is 10.8 Å². The van der Waals surface area contributed by atoms with Gasteiger partial charge in [-0.2, -0.15) is 8.42 Å². The van der Waals surface area contributed by atoms with Gasteiger partial charge in [-0.05, 0) is 22.4 Å². The van der Waals surface area contributed by atoms with Crippen molar-refractivity contribution < 1.29 is 17.2 Å². The van der Waals surface area contributed by atoms with Gasteiger partial charge >= 0.3 is 10.4 Å². The van der Waals surface area contributed by atoms with E-state index >= 15 is 0 Å². The molecular formula is C11H10O4S. The van der Waals surface area contributed by atoms with Gasteiger partial charge in [0.05, 0.1) is 6.61 Å². The van der Waals surface area contributed by atoms with Crippen LogP contribution in [0.15, 0.2) is 42.5 Å². The molecule has 0 fully saturated rings. The molecule has 0 radical (unpaired) electrons. The first kappa shape index (κ1) is 11.1. The highest BCUT2D eigenvalue weighted by Crippen LogP contribution is 2.16. The van der Waals surface area contributed by atoms with Crippen molar-refractivity contribution in [1.82, 2.24) is 0 Å². The summed E-state index contributed by atoms with van der Waals surface area (Å²) in [5, 5.41) is 2.07. The summed E-state index contributed by atoms with van der Waals surface area (Å²) in [6.07, 6.45) is 0. The average Bonchev–Trinajstić information content (AvgIpc) is 2.25. The predicted molar refractivity (Wildman–Crippen MR) is 60.3 cm³/mol. The summed E-state index contributed by atoms with van der Waals surface area (Å²) >= 11 is 0. The van der Waals surface area contributed by atoms with E-state index in [9.17, 15) is 8.42 Å². The molecule has 0 aliphatic rings. The van der Waals surface area contributed by atoms with Crippen LogP contribution in [0.2, 0.25) is 0 Å². The van der Waals surface area contributed by atoms with E-state index in [4.69, 9.17) is 4.55 Å². The molecule has 0 aromatic heterocycles. The van der Waals surface area contributed by atoms with Gasteiger partial charge in [-0.25, -0.2) is 4.18 Å². The maximum atomic E-state index is 10.4. The van der Waals surface area contributed by atoms with Crippen molar-refractivity contribution in [1.29, 1.82) is 0 Å². The Morgan fingerprint density at radius 2 is 1.75 bits per heavy atom. The molecule has 0 saturated carbocycles. The lowest BCUT2D eigenvalue weighted by molar-refractivity contribution is 0.259. The number of benzene rings is 2. The van der Waals surface area contributed by atoms with Crippen molar-refractivity contribution >= 4 is 21.2 Å². The Labute approximate surface area is 93.4 Å². The fourth-order valence-corrected chi connectivity index (χ4v) is 1.76. The van der Waals surface area contributed by atoms with E-state index in [2.05, 4.69) is 4.18 Å². The molecule has 2 rings (SSSR count). The van der Waals surface area contributed by atoms with E-state index in [1.807, 2.05) is 36.4 Å². The van der Waals surface area contributed by atoms with Gasteiger partial charge in [0.2, 0.25) is 0 Å². The minimum atomic E-state index is -4.38. The molecule has 2 aromatic carbocycles. The predicted octanol–water partition coefficient (Wildman–Crippen LogP) is 2.16. The van der Waals surface area contributed by atoms with Crippen LogP contribution in [0.1, 0.15) is 5.56 Å².